The van der Waals surface area contributed by atoms with Crippen LogP contribution in [-0.4, -0.2) is 29.9 Å². The van der Waals surface area contributed by atoms with Crippen LogP contribution in [0.5, 0.6) is 0 Å². The Bertz CT molecular complexity index is 593. The summed E-state index contributed by atoms with van der Waals surface area (Å²) in [5, 5.41) is 2.83. The van der Waals surface area contributed by atoms with Crippen LogP contribution in [-0.2, 0) is 6.54 Å². The van der Waals surface area contributed by atoms with Crippen LogP contribution in [0, 0.1) is 0 Å². The lowest BCUT2D eigenvalue weighted by Crippen LogP contribution is -2.14. The predicted octanol–water partition coefficient (Wildman–Crippen LogP) is 1.98. The summed E-state index contributed by atoms with van der Waals surface area (Å²) in [7, 11) is 4.01. The molecule has 0 fully saturated rings. The van der Waals surface area contributed by atoms with E-state index in [2.05, 4.69) is 15.2 Å². The van der Waals surface area contributed by atoms with Gasteiger partial charge in [-0.15, -0.1) is 0 Å². The van der Waals surface area contributed by atoms with Gasteiger partial charge in [-0.3, -0.25) is 4.79 Å². The van der Waals surface area contributed by atoms with Gasteiger partial charge >= 0.3 is 0 Å². The van der Waals surface area contributed by atoms with Crippen molar-refractivity contribution in [1.29, 1.82) is 0 Å². The number of anilines is 2. The van der Waals surface area contributed by atoms with E-state index in [1.807, 2.05) is 38.4 Å². The molecule has 104 valence electrons. The minimum Gasteiger partial charge on any atom is -0.397 e. The number of nitrogens with one attached hydrogen (secondary N) is 1. The second-order valence-electron chi connectivity index (χ2n) is 4.87. The summed E-state index contributed by atoms with van der Waals surface area (Å²) >= 11 is 0. The monoisotopic (exact) mass is 270 g/mol. The van der Waals surface area contributed by atoms with Crippen molar-refractivity contribution in [2.24, 2.45) is 0 Å². The van der Waals surface area contributed by atoms with Crippen molar-refractivity contribution in [3.63, 3.8) is 0 Å². The van der Waals surface area contributed by atoms with Gasteiger partial charge in [-0.25, -0.2) is 4.98 Å². The van der Waals surface area contributed by atoms with Crippen LogP contribution < -0.4 is 11.1 Å². The number of pyridine rings is 1. The van der Waals surface area contributed by atoms with Crippen molar-refractivity contribution in [1.82, 2.24) is 9.88 Å². The first-order valence-corrected chi connectivity index (χ1v) is 6.31. The third-order valence-corrected chi connectivity index (χ3v) is 2.70. The molecule has 0 atom stereocenters. The largest absolute Gasteiger partial charge is 0.397 e. The highest BCUT2D eigenvalue weighted by molar-refractivity contribution is 6.02. The standard InChI is InChI=1S/C15H18N4O/c1-19(2)10-11-4-3-5-13(8-11)18-15(20)14-7-6-12(16)9-17-14/h3-9H,10,16H2,1-2H3,(H,18,20). The fourth-order valence-corrected chi connectivity index (χ4v) is 1.85. The lowest BCUT2D eigenvalue weighted by Gasteiger charge is -2.11. The summed E-state index contributed by atoms with van der Waals surface area (Å²) in [5.74, 6) is -0.244. The number of amides is 1. The zero-order valence-electron chi connectivity index (χ0n) is 11.6. The van der Waals surface area contributed by atoms with E-state index in [1.54, 1.807) is 12.1 Å². The van der Waals surface area contributed by atoms with Gasteiger partial charge in [0.15, 0.2) is 0 Å². The van der Waals surface area contributed by atoms with Crippen LogP contribution in [0.2, 0.25) is 0 Å². The number of rotatable bonds is 4. The van der Waals surface area contributed by atoms with Gasteiger partial charge in [-0.05, 0) is 43.9 Å². The Kier molecular flexibility index (Phi) is 4.32. The number of benzene rings is 1. The summed E-state index contributed by atoms with van der Waals surface area (Å²) in [4.78, 5) is 18.1. The fraction of sp³-hybridized carbons (Fsp3) is 0.200. The summed E-state index contributed by atoms with van der Waals surface area (Å²) in [5.41, 5.74) is 8.32. The van der Waals surface area contributed by atoms with Crippen LogP contribution in [0.4, 0.5) is 11.4 Å². The normalized spacial score (nSPS) is 10.6. The molecule has 20 heavy (non-hydrogen) atoms. The number of nitrogen functional groups attached to an aromatic ring is 1. The maximum atomic E-state index is 12.0. The Morgan fingerprint density at radius 3 is 2.75 bits per heavy atom. The quantitative estimate of drug-likeness (QED) is 0.891. The number of carbonyl (C=O) groups is 1. The molecule has 1 heterocycles. The second-order valence-corrected chi connectivity index (χ2v) is 4.87. The molecule has 0 saturated carbocycles. The van der Waals surface area contributed by atoms with Gasteiger partial charge in [0, 0.05) is 12.2 Å². The number of aromatic nitrogens is 1. The Morgan fingerprint density at radius 1 is 1.30 bits per heavy atom. The maximum Gasteiger partial charge on any atom is 0.274 e. The van der Waals surface area contributed by atoms with E-state index in [9.17, 15) is 4.79 Å². The molecule has 2 aromatic rings. The van der Waals surface area contributed by atoms with Crippen molar-refractivity contribution in [2.75, 3.05) is 25.1 Å². The SMILES string of the molecule is CN(C)Cc1cccc(NC(=O)c2ccc(N)cn2)c1. The van der Waals surface area contributed by atoms with Crippen LogP contribution in [0.1, 0.15) is 16.1 Å². The van der Waals surface area contributed by atoms with Gasteiger partial charge in [0.05, 0.1) is 11.9 Å². The van der Waals surface area contributed by atoms with Gasteiger partial charge in [-0.2, -0.15) is 0 Å². The number of hydrogen-bond donors (Lipinski definition) is 2. The first-order valence-electron chi connectivity index (χ1n) is 6.31. The van der Waals surface area contributed by atoms with Crippen LogP contribution in [0.3, 0.4) is 0 Å². The minimum atomic E-state index is -0.244. The molecule has 0 aliphatic heterocycles. The molecule has 5 heteroatoms. The molecule has 0 saturated heterocycles. The van der Waals surface area contributed by atoms with Crippen LogP contribution in [0.15, 0.2) is 42.6 Å². The molecule has 5 nitrogen and oxygen atoms in total. The highest BCUT2D eigenvalue weighted by atomic mass is 16.1. The minimum absolute atomic E-state index is 0.244. The first kappa shape index (κ1) is 14.0. The molecule has 0 unspecified atom stereocenters. The smallest absolute Gasteiger partial charge is 0.274 e. The Balaban J connectivity index is 2.09. The van der Waals surface area contributed by atoms with Gasteiger partial charge in [0.1, 0.15) is 5.69 Å². The third kappa shape index (κ3) is 3.80. The average molecular weight is 270 g/mol. The first-order chi connectivity index (χ1) is 9.54. The molecule has 0 radical (unpaired) electrons. The molecule has 0 spiro atoms. The van der Waals surface area contributed by atoms with Gasteiger partial charge < -0.3 is 16.0 Å². The fourth-order valence-electron chi connectivity index (χ4n) is 1.85. The summed E-state index contributed by atoms with van der Waals surface area (Å²) in [6.45, 7) is 0.823. The second kappa shape index (κ2) is 6.16. The zero-order chi connectivity index (χ0) is 14.5. The van der Waals surface area contributed by atoms with Gasteiger partial charge in [0.2, 0.25) is 0 Å². The molecule has 2 rings (SSSR count). The summed E-state index contributed by atoms with van der Waals surface area (Å²) in [6, 6.07) is 11.0. The molecule has 1 aromatic heterocycles. The Labute approximate surface area is 118 Å². The third-order valence-electron chi connectivity index (χ3n) is 2.70. The average Bonchev–Trinajstić information content (AvgIpc) is 2.39. The highest BCUT2D eigenvalue weighted by Crippen LogP contribution is 2.13. The van der Waals surface area contributed by atoms with Gasteiger partial charge in [0.25, 0.3) is 5.91 Å². The van der Waals surface area contributed by atoms with Crippen molar-refractivity contribution in [2.45, 2.75) is 6.54 Å². The Morgan fingerprint density at radius 2 is 2.10 bits per heavy atom. The van der Waals surface area contributed by atoms with Crippen molar-refractivity contribution < 1.29 is 4.79 Å². The van der Waals surface area contributed by atoms with E-state index in [4.69, 9.17) is 5.73 Å². The van der Waals surface area contributed by atoms with Crippen molar-refractivity contribution in [3.05, 3.63) is 53.9 Å². The summed E-state index contributed by atoms with van der Waals surface area (Å²) in [6.07, 6.45) is 1.47. The molecule has 0 bridgehead atoms. The predicted molar refractivity (Wildman–Crippen MR) is 80.4 cm³/mol. The van der Waals surface area contributed by atoms with Crippen LogP contribution >= 0.6 is 0 Å². The van der Waals surface area contributed by atoms with E-state index < -0.39 is 0 Å². The van der Waals surface area contributed by atoms with E-state index in [1.165, 1.54) is 6.20 Å². The van der Waals surface area contributed by atoms with Crippen molar-refractivity contribution in [3.8, 4) is 0 Å². The van der Waals surface area contributed by atoms with E-state index in [-0.39, 0.29) is 5.91 Å². The van der Waals surface area contributed by atoms with Gasteiger partial charge in [-0.1, -0.05) is 12.1 Å². The number of nitrogens with zero attached hydrogens (tertiary/aromatic N) is 2. The topological polar surface area (TPSA) is 71.2 Å². The molecule has 3 N–H and O–H groups in total. The lowest BCUT2D eigenvalue weighted by atomic mass is 10.2. The van der Waals surface area contributed by atoms with E-state index in [0.717, 1.165) is 17.8 Å². The van der Waals surface area contributed by atoms with E-state index >= 15 is 0 Å². The molecule has 0 aliphatic rings. The Hall–Kier alpha value is -2.40. The van der Waals surface area contributed by atoms with E-state index in [0.29, 0.717) is 11.4 Å². The molecular formula is C15H18N4O. The zero-order valence-corrected chi connectivity index (χ0v) is 11.6. The van der Waals surface area contributed by atoms with Crippen molar-refractivity contribution >= 4 is 17.3 Å². The van der Waals surface area contributed by atoms with Crippen LogP contribution in [0.25, 0.3) is 0 Å². The molecular weight excluding hydrogens is 252 g/mol. The summed E-state index contributed by atoms with van der Waals surface area (Å²) < 4.78 is 0. The highest BCUT2D eigenvalue weighted by Gasteiger charge is 2.07. The number of nitrogens with two attached hydrogens (primary N) is 1. The molecule has 1 amide bonds. The number of carbonyl (C=O) groups excluding carboxylic acids is 1. The lowest BCUT2D eigenvalue weighted by molar-refractivity contribution is 0.102. The molecule has 1 aromatic carbocycles. The molecule has 0 aliphatic carbocycles. The number of hydrogen-bond acceptors (Lipinski definition) is 4. The maximum absolute atomic E-state index is 12.0.